The van der Waals surface area contributed by atoms with Crippen molar-refractivity contribution in [3.8, 4) is 5.75 Å². The number of allylic oxidation sites excluding steroid dienone is 4. The summed E-state index contributed by atoms with van der Waals surface area (Å²) in [7, 11) is 3.63. The quantitative estimate of drug-likeness (QED) is 0.507. The van der Waals surface area contributed by atoms with E-state index >= 15 is 0 Å². The minimum Gasteiger partial charge on any atom is -0.497 e. The molecule has 0 saturated heterocycles. The molecule has 0 spiro atoms. The van der Waals surface area contributed by atoms with E-state index in [1.54, 1.807) is 13.2 Å². The summed E-state index contributed by atoms with van der Waals surface area (Å²) in [4.78, 5) is 0. The van der Waals surface area contributed by atoms with Gasteiger partial charge in [-0.05, 0) is 46.0 Å². The normalized spacial score (nSPS) is 7.82. The lowest BCUT2D eigenvalue weighted by molar-refractivity contribution is 0.414. The molecule has 0 atom stereocenters. The van der Waals surface area contributed by atoms with Gasteiger partial charge in [-0.3, -0.25) is 0 Å². The SMILES string of the molecule is C=C/C=C\C(=C)C.CC.CC.CCC.CCCNC.COc1ccc(C)cc1. The van der Waals surface area contributed by atoms with Crippen LogP contribution in [0, 0.1) is 6.92 Å². The second-order valence-electron chi connectivity index (χ2n) is 5.27. The topological polar surface area (TPSA) is 21.3 Å². The fraction of sp³-hybridized carbons (Fsp3) is 0.538. The number of aryl methyl sites for hydroxylation is 1. The second-order valence-corrected chi connectivity index (χ2v) is 5.27. The minimum atomic E-state index is 0.917. The van der Waals surface area contributed by atoms with Crippen LogP contribution in [0.25, 0.3) is 0 Å². The van der Waals surface area contributed by atoms with Crippen LogP contribution < -0.4 is 10.1 Å². The Kier molecular flexibility index (Phi) is 52.9. The zero-order chi connectivity index (χ0) is 23.2. The van der Waals surface area contributed by atoms with Gasteiger partial charge in [-0.2, -0.15) is 0 Å². The van der Waals surface area contributed by atoms with Gasteiger partial charge in [0.2, 0.25) is 0 Å². The molecule has 0 aliphatic heterocycles. The highest BCUT2D eigenvalue weighted by Gasteiger charge is 1.85. The average molecular weight is 394 g/mol. The zero-order valence-corrected chi connectivity index (χ0v) is 21.0. The molecule has 0 aliphatic carbocycles. The summed E-state index contributed by atoms with van der Waals surface area (Å²) in [6, 6.07) is 7.96. The van der Waals surface area contributed by atoms with Crippen LogP contribution in [-0.2, 0) is 0 Å². The lowest BCUT2D eigenvalue weighted by atomic mass is 10.2. The largest absolute Gasteiger partial charge is 0.497 e. The van der Waals surface area contributed by atoms with Crippen molar-refractivity contribution in [1.29, 1.82) is 0 Å². The average Bonchev–Trinajstić information content (AvgIpc) is 2.72. The molecular weight excluding hydrogens is 342 g/mol. The van der Waals surface area contributed by atoms with Crippen molar-refractivity contribution in [3.63, 3.8) is 0 Å². The standard InChI is InChI=1S/C8H10O.C7H10.C4H11N.C3H8.2C2H6/c1-7-3-5-8(9-2)6-4-7;1-4-5-6-7(2)3;1-3-4-5-2;1-3-2;2*1-2/h3-6H,1-2H3;4-6H,1-2H2,3H3;5H,3-4H2,1-2H3;3H2,1-2H3;2*1-2H3/b;6-5-;;;;. The predicted octanol–water partition coefficient (Wildman–Crippen LogP) is 8.39. The lowest BCUT2D eigenvalue weighted by Crippen LogP contribution is -2.04. The van der Waals surface area contributed by atoms with Crippen LogP contribution in [-0.4, -0.2) is 20.7 Å². The van der Waals surface area contributed by atoms with Crippen LogP contribution >= 0.6 is 0 Å². The van der Waals surface area contributed by atoms with Crippen molar-refractivity contribution >= 4 is 0 Å². The van der Waals surface area contributed by atoms with Crippen LogP contribution in [0.1, 0.15) is 73.8 Å². The van der Waals surface area contributed by atoms with E-state index in [4.69, 9.17) is 4.74 Å². The molecule has 1 N–H and O–H groups in total. The number of benzene rings is 1. The Morgan fingerprint density at radius 3 is 1.64 bits per heavy atom. The fourth-order valence-corrected chi connectivity index (χ4v) is 1.16. The summed E-state index contributed by atoms with van der Waals surface area (Å²) in [6.07, 6.45) is 7.99. The highest BCUT2D eigenvalue weighted by molar-refractivity contribution is 5.25. The van der Waals surface area contributed by atoms with Gasteiger partial charge < -0.3 is 10.1 Å². The van der Waals surface area contributed by atoms with E-state index in [1.807, 2.05) is 78.1 Å². The molecule has 0 radical (unpaired) electrons. The van der Waals surface area contributed by atoms with Crippen molar-refractivity contribution in [1.82, 2.24) is 5.32 Å². The first kappa shape index (κ1) is 37.0. The lowest BCUT2D eigenvalue weighted by Gasteiger charge is -1.97. The van der Waals surface area contributed by atoms with Gasteiger partial charge in [-0.15, -0.1) is 0 Å². The van der Waals surface area contributed by atoms with Crippen molar-refractivity contribution in [2.75, 3.05) is 20.7 Å². The molecule has 1 aromatic rings. The van der Waals surface area contributed by atoms with Crippen LogP contribution in [0.15, 0.2) is 61.2 Å². The molecule has 2 nitrogen and oxygen atoms in total. The molecule has 0 amide bonds. The van der Waals surface area contributed by atoms with Gasteiger partial charge in [-0.1, -0.05) is 110 Å². The molecule has 0 fully saturated rings. The summed E-state index contributed by atoms with van der Waals surface area (Å²) in [5.74, 6) is 0.917. The van der Waals surface area contributed by atoms with Crippen molar-refractivity contribution < 1.29 is 4.74 Å². The summed E-state index contributed by atoms with van der Waals surface area (Å²) < 4.78 is 4.97. The van der Waals surface area contributed by atoms with Crippen molar-refractivity contribution in [2.24, 2.45) is 0 Å². The van der Waals surface area contributed by atoms with Gasteiger partial charge in [0.05, 0.1) is 7.11 Å². The molecule has 0 heterocycles. The Hall–Kier alpha value is -1.80. The predicted molar refractivity (Wildman–Crippen MR) is 135 cm³/mol. The Labute approximate surface area is 178 Å². The molecule has 0 aliphatic rings. The van der Waals surface area contributed by atoms with Crippen LogP contribution in [0.4, 0.5) is 0 Å². The molecular formula is C26H51NO. The van der Waals surface area contributed by atoms with E-state index < -0.39 is 0 Å². The fourth-order valence-electron chi connectivity index (χ4n) is 1.16. The Bertz CT molecular complexity index is 403. The summed E-state index contributed by atoms with van der Waals surface area (Å²) in [5.41, 5.74) is 2.32. The second kappa shape index (κ2) is 40.0. The number of hydrogen-bond donors (Lipinski definition) is 1. The van der Waals surface area contributed by atoms with E-state index in [9.17, 15) is 0 Å². The van der Waals surface area contributed by atoms with E-state index in [2.05, 4.69) is 46.2 Å². The third-order valence-electron chi connectivity index (χ3n) is 2.27. The maximum Gasteiger partial charge on any atom is 0.118 e. The van der Waals surface area contributed by atoms with Gasteiger partial charge in [-0.25, -0.2) is 0 Å². The molecule has 0 saturated carbocycles. The summed E-state index contributed by atoms with van der Waals surface area (Å²) in [6.45, 7) is 26.7. The van der Waals surface area contributed by atoms with Crippen molar-refractivity contribution in [2.45, 2.75) is 75.2 Å². The van der Waals surface area contributed by atoms with E-state index in [1.165, 1.54) is 18.4 Å². The number of ether oxygens (including phenoxy) is 1. The molecule has 166 valence electrons. The van der Waals surface area contributed by atoms with Crippen molar-refractivity contribution in [3.05, 3.63) is 66.8 Å². The third kappa shape index (κ3) is 49.6. The number of nitrogens with one attached hydrogen (secondary N) is 1. The summed E-state index contributed by atoms with van der Waals surface area (Å²) in [5, 5.41) is 3.02. The van der Waals surface area contributed by atoms with Crippen LogP contribution in [0.3, 0.4) is 0 Å². The summed E-state index contributed by atoms with van der Waals surface area (Å²) >= 11 is 0. The van der Waals surface area contributed by atoms with Gasteiger partial charge >= 0.3 is 0 Å². The molecule has 0 aromatic heterocycles. The highest BCUT2D eigenvalue weighted by atomic mass is 16.5. The first-order chi connectivity index (χ1) is 13.4. The minimum absolute atomic E-state index is 0.917. The molecule has 1 rings (SSSR count). The van der Waals surface area contributed by atoms with E-state index in [0.29, 0.717) is 0 Å². The van der Waals surface area contributed by atoms with Crippen LogP contribution in [0.5, 0.6) is 5.75 Å². The van der Waals surface area contributed by atoms with Gasteiger partial charge in [0.1, 0.15) is 5.75 Å². The maximum atomic E-state index is 4.97. The monoisotopic (exact) mass is 393 g/mol. The van der Waals surface area contributed by atoms with Gasteiger partial charge in [0, 0.05) is 0 Å². The Morgan fingerprint density at radius 1 is 1.04 bits per heavy atom. The zero-order valence-electron chi connectivity index (χ0n) is 21.0. The molecule has 2 heteroatoms. The third-order valence-corrected chi connectivity index (χ3v) is 2.27. The van der Waals surface area contributed by atoms with Crippen LogP contribution in [0.2, 0.25) is 0 Å². The molecule has 0 unspecified atom stereocenters. The Morgan fingerprint density at radius 2 is 1.46 bits per heavy atom. The smallest absolute Gasteiger partial charge is 0.118 e. The van der Waals surface area contributed by atoms with Gasteiger partial charge in [0.15, 0.2) is 0 Å². The first-order valence-electron chi connectivity index (χ1n) is 10.6. The number of rotatable bonds is 5. The highest BCUT2D eigenvalue weighted by Crippen LogP contribution is 2.09. The number of methoxy groups -OCH3 is 1. The van der Waals surface area contributed by atoms with E-state index in [0.717, 1.165) is 17.9 Å². The molecule has 0 bridgehead atoms. The maximum absolute atomic E-state index is 4.97. The number of hydrogen-bond acceptors (Lipinski definition) is 2. The Balaban J connectivity index is -0.0000000836. The molecule has 1 aromatic carbocycles. The van der Waals surface area contributed by atoms with E-state index in [-0.39, 0.29) is 0 Å². The molecule has 28 heavy (non-hydrogen) atoms. The first-order valence-corrected chi connectivity index (χ1v) is 10.6. The van der Waals surface area contributed by atoms with Gasteiger partial charge in [0.25, 0.3) is 0 Å².